The van der Waals surface area contributed by atoms with E-state index in [9.17, 15) is 0 Å². The van der Waals surface area contributed by atoms with Crippen LogP contribution < -0.4 is 5.32 Å². The topological polar surface area (TPSA) is 21.8 Å². The normalized spacial score (nSPS) is 24.2. The number of rotatable bonds is 5. The van der Waals surface area contributed by atoms with Crippen molar-refractivity contribution in [1.29, 1.82) is 0 Å². The largest absolute Gasteiger partial charge is 0.314 e. The van der Waals surface area contributed by atoms with Gasteiger partial charge in [0.25, 0.3) is 0 Å². The molecule has 0 aliphatic carbocycles. The number of nitrogens with zero attached hydrogens (tertiary/aromatic N) is 3. The lowest BCUT2D eigenvalue weighted by molar-refractivity contribution is 0.0752. The molecule has 1 aromatic heterocycles. The van der Waals surface area contributed by atoms with Crippen LogP contribution in [0.5, 0.6) is 0 Å². The van der Waals surface area contributed by atoms with E-state index in [1.807, 2.05) is 11.3 Å². The van der Waals surface area contributed by atoms with E-state index in [-0.39, 0.29) is 0 Å². The Balaban J connectivity index is 1.65. The molecule has 21 heavy (non-hydrogen) atoms. The molecule has 0 spiro atoms. The second-order valence-corrected chi connectivity index (χ2v) is 7.03. The van der Waals surface area contributed by atoms with Gasteiger partial charge < -0.3 is 10.2 Å². The van der Waals surface area contributed by atoms with Crippen molar-refractivity contribution >= 4 is 11.3 Å². The zero-order valence-electron chi connectivity index (χ0n) is 13.1. The smallest absolute Gasteiger partial charge is 0.0569 e. The number of nitrogens with one attached hydrogen (secondary N) is 1. The van der Waals surface area contributed by atoms with Crippen molar-refractivity contribution in [2.45, 2.75) is 13.0 Å². The summed E-state index contributed by atoms with van der Waals surface area (Å²) in [7, 11) is 0. The third kappa shape index (κ3) is 4.05. The van der Waals surface area contributed by atoms with Crippen LogP contribution in [0, 0.1) is 0 Å². The van der Waals surface area contributed by atoms with Crippen LogP contribution in [0.4, 0.5) is 0 Å². The summed E-state index contributed by atoms with van der Waals surface area (Å²) in [6, 6.07) is 5.11. The summed E-state index contributed by atoms with van der Waals surface area (Å²) < 4.78 is 0. The first-order chi connectivity index (χ1) is 10.4. The Kier molecular flexibility index (Phi) is 5.66. The molecule has 0 radical (unpaired) electrons. The van der Waals surface area contributed by atoms with Gasteiger partial charge in [-0.2, -0.15) is 0 Å². The predicted octanol–water partition coefficient (Wildman–Crippen LogP) is 1.33. The van der Waals surface area contributed by atoms with Gasteiger partial charge in [0.1, 0.15) is 0 Å². The van der Waals surface area contributed by atoms with Gasteiger partial charge >= 0.3 is 0 Å². The minimum Gasteiger partial charge on any atom is -0.314 e. The first kappa shape index (κ1) is 15.4. The van der Waals surface area contributed by atoms with Gasteiger partial charge in [-0.3, -0.25) is 9.80 Å². The maximum Gasteiger partial charge on any atom is 0.0569 e. The van der Waals surface area contributed by atoms with Gasteiger partial charge in [0.2, 0.25) is 0 Å². The molecule has 2 aliphatic heterocycles. The molecule has 3 heterocycles. The summed E-state index contributed by atoms with van der Waals surface area (Å²) in [5.41, 5.74) is 0. The Morgan fingerprint density at radius 1 is 1.10 bits per heavy atom. The van der Waals surface area contributed by atoms with E-state index >= 15 is 0 Å². The van der Waals surface area contributed by atoms with Gasteiger partial charge in [-0.25, -0.2) is 0 Å². The molecular formula is C16H28N4S. The van der Waals surface area contributed by atoms with E-state index in [0.717, 1.165) is 13.1 Å². The van der Waals surface area contributed by atoms with E-state index in [1.165, 1.54) is 52.4 Å². The fourth-order valence-corrected chi connectivity index (χ4v) is 4.25. The van der Waals surface area contributed by atoms with Crippen molar-refractivity contribution in [2.75, 3.05) is 65.4 Å². The van der Waals surface area contributed by atoms with Crippen LogP contribution in [-0.2, 0) is 0 Å². The molecule has 0 amide bonds. The van der Waals surface area contributed by atoms with Crippen molar-refractivity contribution in [1.82, 2.24) is 20.0 Å². The van der Waals surface area contributed by atoms with Gasteiger partial charge in [0.15, 0.2) is 0 Å². The summed E-state index contributed by atoms with van der Waals surface area (Å²) >= 11 is 1.92. The van der Waals surface area contributed by atoms with Gasteiger partial charge in [0.05, 0.1) is 6.04 Å². The summed E-state index contributed by atoms with van der Waals surface area (Å²) in [6.45, 7) is 14.2. The third-order valence-corrected chi connectivity index (χ3v) is 5.78. The van der Waals surface area contributed by atoms with E-state index in [4.69, 9.17) is 0 Å². The maximum atomic E-state index is 3.46. The lowest BCUT2D eigenvalue weighted by Crippen LogP contribution is -2.51. The maximum absolute atomic E-state index is 3.46. The predicted molar refractivity (Wildman–Crippen MR) is 90.1 cm³/mol. The lowest BCUT2D eigenvalue weighted by Gasteiger charge is -2.41. The molecule has 4 nitrogen and oxygen atoms in total. The molecule has 1 aromatic rings. The zero-order valence-corrected chi connectivity index (χ0v) is 13.9. The number of likely N-dealkylation sites (N-methyl/N-ethyl adjacent to an activating group) is 1. The first-order valence-electron chi connectivity index (χ1n) is 8.29. The quantitative estimate of drug-likeness (QED) is 0.886. The summed E-state index contributed by atoms with van der Waals surface area (Å²) in [5.74, 6) is 0. The fourth-order valence-electron chi connectivity index (χ4n) is 3.40. The molecule has 0 bridgehead atoms. The Hall–Kier alpha value is -0.460. The minimum atomic E-state index is 0.585. The number of piperazine rings is 2. The molecule has 118 valence electrons. The molecule has 2 aliphatic rings. The molecule has 1 atom stereocenters. The average Bonchev–Trinajstić information content (AvgIpc) is 3.08. The highest BCUT2D eigenvalue weighted by Crippen LogP contribution is 2.27. The van der Waals surface area contributed by atoms with Crippen LogP contribution in [0.15, 0.2) is 17.5 Å². The standard InChI is InChI=1S/C16H28N4S/c1-2-18-9-11-20(12-10-18)15(16-4-3-13-21-16)14-19-7-5-17-6-8-19/h3-4,13,15,17H,2,5-12,14H2,1H3. The van der Waals surface area contributed by atoms with Crippen molar-refractivity contribution in [3.63, 3.8) is 0 Å². The SMILES string of the molecule is CCN1CCN(C(CN2CCNCC2)c2cccs2)CC1. The van der Waals surface area contributed by atoms with Gasteiger partial charge in [-0.15, -0.1) is 11.3 Å². The summed E-state index contributed by atoms with van der Waals surface area (Å²) in [5, 5.41) is 5.68. The van der Waals surface area contributed by atoms with Gasteiger partial charge in [-0.05, 0) is 18.0 Å². The lowest BCUT2D eigenvalue weighted by atomic mass is 10.1. The average molecular weight is 308 g/mol. The monoisotopic (exact) mass is 308 g/mol. The Morgan fingerprint density at radius 3 is 2.48 bits per heavy atom. The van der Waals surface area contributed by atoms with Crippen LogP contribution in [0.2, 0.25) is 0 Å². The fraction of sp³-hybridized carbons (Fsp3) is 0.750. The van der Waals surface area contributed by atoms with Crippen molar-refractivity contribution in [3.05, 3.63) is 22.4 Å². The van der Waals surface area contributed by atoms with Crippen LogP contribution in [0.1, 0.15) is 17.8 Å². The van der Waals surface area contributed by atoms with Crippen molar-refractivity contribution in [3.8, 4) is 0 Å². The van der Waals surface area contributed by atoms with Gasteiger partial charge in [-0.1, -0.05) is 13.0 Å². The van der Waals surface area contributed by atoms with Crippen molar-refractivity contribution in [2.24, 2.45) is 0 Å². The molecule has 0 aromatic carbocycles. The molecule has 3 rings (SSSR count). The highest BCUT2D eigenvalue weighted by molar-refractivity contribution is 7.10. The van der Waals surface area contributed by atoms with E-state index in [2.05, 4.69) is 44.5 Å². The van der Waals surface area contributed by atoms with Crippen molar-refractivity contribution < 1.29 is 0 Å². The third-order valence-electron chi connectivity index (χ3n) is 4.81. The Morgan fingerprint density at radius 2 is 1.86 bits per heavy atom. The number of hydrogen-bond acceptors (Lipinski definition) is 5. The highest BCUT2D eigenvalue weighted by atomic mass is 32.1. The molecule has 5 heteroatoms. The van der Waals surface area contributed by atoms with Crippen LogP contribution >= 0.6 is 11.3 Å². The molecule has 1 unspecified atom stereocenters. The molecule has 0 saturated carbocycles. The second kappa shape index (κ2) is 7.70. The number of thiophene rings is 1. The Labute approximate surface area is 132 Å². The summed E-state index contributed by atoms with van der Waals surface area (Å²) in [6.07, 6.45) is 0. The van der Waals surface area contributed by atoms with E-state index < -0.39 is 0 Å². The first-order valence-corrected chi connectivity index (χ1v) is 9.17. The molecule has 1 N–H and O–H groups in total. The Bertz CT molecular complexity index is 394. The number of hydrogen-bond donors (Lipinski definition) is 1. The van der Waals surface area contributed by atoms with Gasteiger partial charge in [0, 0.05) is 63.8 Å². The summed E-state index contributed by atoms with van der Waals surface area (Å²) in [4.78, 5) is 9.44. The highest BCUT2D eigenvalue weighted by Gasteiger charge is 2.27. The van der Waals surface area contributed by atoms with E-state index in [1.54, 1.807) is 4.88 Å². The van der Waals surface area contributed by atoms with Crippen LogP contribution in [0.25, 0.3) is 0 Å². The van der Waals surface area contributed by atoms with Crippen LogP contribution in [0.3, 0.4) is 0 Å². The van der Waals surface area contributed by atoms with Crippen LogP contribution in [-0.4, -0.2) is 80.1 Å². The minimum absolute atomic E-state index is 0.585. The van der Waals surface area contributed by atoms with E-state index in [0.29, 0.717) is 6.04 Å². The zero-order chi connectivity index (χ0) is 14.5. The molecule has 2 fully saturated rings. The molecule has 2 saturated heterocycles. The second-order valence-electron chi connectivity index (χ2n) is 6.05. The molecular weight excluding hydrogens is 280 g/mol.